The second-order valence-electron chi connectivity index (χ2n) is 6.12. The third-order valence-corrected chi connectivity index (χ3v) is 4.87. The number of nitrogens with one attached hydrogen (secondary N) is 3. The van der Waals surface area contributed by atoms with Crippen molar-refractivity contribution in [1.29, 1.82) is 0 Å². The maximum absolute atomic E-state index is 13.3. The molecule has 0 unspecified atom stereocenters. The minimum Gasteiger partial charge on any atom is -0.480 e. The first-order valence-corrected chi connectivity index (χ1v) is 10.8. The van der Waals surface area contributed by atoms with Crippen LogP contribution in [0.1, 0.15) is 10.4 Å². The summed E-state index contributed by atoms with van der Waals surface area (Å²) < 4.78 is 18.4. The molecule has 0 atom stereocenters. The molecule has 0 fully saturated rings. The first kappa shape index (κ1) is 22.6. The highest BCUT2D eigenvalue weighted by molar-refractivity contribution is 7.98. The molecule has 0 aliphatic carbocycles. The van der Waals surface area contributed by atoms with Crippen LogP contribution in [0.25, 0.3) is 0 Å². The Morgan fingerprint density at radius 1 is 1.19 bits per heavy atom. The van der Waals surface area contributed by atoms with Crippen LogP contribution in [0.5, 0.6) is 5.88 Å². The minimum atomic E-state index is -0.420. The van der Waals surface area contributed by atoms with E-state index in [4.69, 9.17) is 16.3 Å². The molecule has 3 rings (SSSR count). The maximum atomic E-state index is 13.3. The number of hydrogen-bond donors (Lipinski definition) is 3. The summed E-state index contributed by atoms with van der Waals surface area (Å²) in [5.74, 6) is 0.625. The van der Waals surface area contributed by atoms with Crippen molar-refractivity contribution in [2.24, 2.45) is 0 Å². The van der Waals surface area contributed by atoms with E-state index in [-0.39, 0.29) is 16.8 Å². The minimum absolute atomic E-state index is 0.243. The van der Waals surface area contributed by atoms with Gasteiger partial charge in [0.05, 0.1) is 17.8 Å². The van der Waals surface area contributed by atoms with Crippen molar-refractivity contribution >= 4 is 46.6 Å². The Morgan fingerprint density at radius 3 is 2.74 bits per heavy atom. The number of carbonyl (C=O) groups excluding carboxylic acids is 1. The van der Waals surface area contributed by atoms with Crippen LogP contribution in [0.4, 0.5) is 21.7 Å². The molecule has 3 N–H and O–H groups in total. The fourth-order valence-electron chi connectivity index (χ4n) is 2.59. The number of aromatic nitrogens is 3. The van der Waals surface area contributed by atoms with E-state index in [0.29, 0.717) is 41.1 Å². The number of ether oxygens (including phenoxy) is 1. The lowest BCUT2D eigenvalue weighted by atomic mass is 10.2. The maximum Gasteiger partial charge on any atom is 0.256 e. The molecule has 0 bridgehead atoms. The Labute approximate surface area is 188 Å². The monoisotopic (exact) mass is 462 g/mol. The van der Waals surface area contributed by atoms with E-state index in [9.17, 15) is 9.18 Å². The topological polar surface area (TPSA) is 101 Å². The van der Waals surface area contributed by atoms with Crippen molar-refractivity contribution in [3.63, 3.8) is 0 Å². The molecule has 0 saturated carbocycles. The Hall–Kier alpha value is -3.11. The van der Waals surface area contributed by atoms with E-state index in [0.717, 1.165) is 0 Å². The number of hydrogen-bond acceptors (Lipinski definition) is 8. The Bertz CT molecular complexity index is 1070. The van der Waals surface area contributed by atoms with Crippen LogP contribution in [-0.4, -0.2) is 47.3 Å². The van der Waals surface area contributed by atoms with Crippen molar-refractivity contribution in [3.8, 4) is 5.88 Å². The van der Waals surface area contributed by atoms with Gasteiger partial charge in [-0.25, -0.2) is 19.3 Å². The number of pyridine rings is 1. The van der Waals surface area contributed by atoms with Crippen LogP contribution < -0.4 is 20.7 Å². The molecule has 0 saturated heterocycles. The average molecular weight is 463 g/mol. The van der Waals surface area contributed by atoms with Gasteiger partial charge in [0.1, 0.15) is 23.0 Å². The van der Waals surface area contributed by atoms with Crippen LogP contribution in [0.2, 0.25) is 5.02 Å². The smallest absolute Gasteiger partial charge is 0.256 e. The van der Waals surface area contributed by atoms with E-state index in [1.807, 2.05) is 6.26 Å². The van der Waals surface area contributed by atoms with Crippen molar-refractivity contribution in [1.82, 2.24) is 20.3 Å². The van der Waals surface area contributed by atoms with Crippen molar-refractivity contribution < 1.29 is 13.9 Å². The third kappa shape index (κ3) is 6.19. The third-order valence-electron chi connectivity index (χ3n) is 4.01. The Balaban J connectivity index is 1.61. The van der Waals surface area contributed by atoms with Gasteiger partial charge in [-0.3, -0.25) is 4.79 Å². The number of anilines is 3. The van der Waals surface area contributed by atoms with Gasteiger partial charge in [-0.05, 0) is 36.6 Å². The highest BCUT2D eigenvalue weighted by Crippen LogP contribution is 2.27. The predicted octanol–water partition coefficient (Wildman–Crippen LogP) is 3.98. The molecule has 0 aliphatic heterocycles. The summed E-state index contributed by atoms with van der Waals surface area (Å²) in [5, 5.41) is 9.79. The number of halogens is 2. The number of benzene rings is 1. The lowest BCUT2D eigenvalue weighted by Crippen LogP contribution is -2.29. The van der Waals surface area contributed by atoms with Gasteiger partial charge in [0.15, 0.2) is 5.16 Å². The summed E-state index contributed by atoms with van der Waals surface area (Å²) in [7, 11) is 1.46. The molecule has 31 heavy (non-hydrogen) atoms. The fourth-order valence-corrected chi connectivity index (χ4v) is 3.18. The highest BCUT2D eigenvalue weighted by Gasteiger charge is 2.12. The van der Waals surface area contributed by atoms with Crippen LogP contribution in [0, 0.1) is 5.82 Å². The molecule has 3 aromatic rings. The highest BCUT2D eigenvalue weighted by atomic mass is 35.5. The molecule has 11 heteroatoms. The lowest BCUT2D eigenvalue weighted by molar-refractivity contribution is 0.0951. The summed E-state index contributed by atoms with van der Waals surface area (Å²) in [5.41, 5.74) is 0.886. The molecule has 2 heterocycles. The van der Waals surface area contributed by atoms with Crippen LogP contribution >= 0.6 is 23.4 Å². The molecule has 2 aromatic heterocycles. The second-order valence-corrected chi connectivity index (χ2v) is 7.30. The molecule has 1 amide bonds. The summed E-state index contributed by atoms with van der Waals surface area (Å²) >= 11 is 7.45. The molecule has 0 spiro atoms. The zero-order valence-electron chi connectivity index (χ0n) is 16.8. The van der Waals surface area contributed by atoms with Crippen molar-refractivity contribution in [2.45, 2.75) is 5.16 Å². The van der Waals surface area contributed by atoms with Crippen molar-refractivity contribution in [3.05, 3.63) is 59.0 Å². The van der Waals surface area contributed by atoms with Gasteiger partial charge in [0, 0.05) is 25.4 Å². The first-order valence-electron chi connectivity index (χ1n) is 9.16. The van der Waals surface area contributed by atoms with Gasteiger partial charge >= 0.3 is 0 Å². The van der Waals surface area contributed by atoms with E-state index < -0.39 is 5.82 Å². The fraction of sp³-hybridized carbons (Fsp3) is 0.200. The lowest BCUT2D eigenvalue weighted by Gasteiger charge is -2.12. The molecule has 0 radical (unpaired) electrons. The van der Waals surface area contributed by atoms with Gasteiger partial charge in [-0.1, -0.05) is 23.4 Å². The average Bonchev–Trinajstić information content (AvgIpc) is 2.78. The normalized spacial score (nSPS) is 10.5. The summed E-state index contributed by atoms with van der Waals surface area (Å²) in [4.78, 5) is 25.1. The summed E-state index contributed by atoms with van der Waals surface area (Å²) in [6.45, 7) is 0.776. The molecule has 8 nitrogen and oxygen atoms in total. The predicted molar refractivity (Wildman–Crippen MR) is 120 cm³/mol. The molecular weight excluding hydrogens is 443 g/mol. The Kier molecular flexibility index (Phi) is 7.85. The van der Waals surface area contributed by atoms with E-state index in [1.165, 1.54) is 37.1 Å². The number of thioether (sulfide) groups is 1. The van der Waals surface area contributed by atoms with Gasteiger partial charge < -0.3 is 20.7 Å². The number of carbonyl (C=O) groups is 1. The van der Waals surface area contributed by atoms with E-state index in [2.05, 4.69) is 30.9 Å². The summed E-state index contributed by atoms with van der Waals surface area (Å²) in [6, 6.07) is 9.08. The molecule has 162 valence electrons. The number of nitrogens with zero attached hydrogens (tertiary/aromatic N) is 3. The van der Waals surface area contributed by atoms with Gasteiger partial charge in [0.25, 0.3) is 5.91 Å². The van der Waals surface area contributed by atoms with Crippen molar-refractivity contribution in [2.75, 3.05) is 37.1 Å². The zero-order chi connectivity index (χ0) is 22.2. The van der Waals surface area contributed by atoms with Gasteiger partial charge in [-0.2, -0.15) is 0 Å². The summed E-state index contributed by atoms with van der Waals surface area (Å²) in [6.07, 6.45) is 3.41. The van der Waals surface area contributed by atoms with Crippen LogP contribution in [-0.2, 0) is 0 Å². The number of methoxy groups -OCH3 is 1. The SMILES string of the molecule is COc1ncccc1C(=O)NCCNc1cc(Nc2ccc(F)cc2Cl)nc(SC)n1. The molecule has 0 aliphatic rings. The van der Waals surface area contributed by atoms with Crippen LogP contribution in [0.3, 0.4) is 0 Å². The number of rotatable bonds is 9. The quantitative estimate of drug-likeness (QED) is 0.249. The van der Waals surface area contributed by atoms with Gasteiger partial charge in [0.2, 0.25) is 5.88 Å². The standard InChI is InChI=1S/C20H20ClFN6O2S/c1-30-19-13(4-3-7-25-19)18(29)24-9-8-23-16-11-17(28-20(27-16)31-2)26-15-6-5-12(22)10-14(15)21/h3-7,10-11H,8-9H2,1-2H3,(H,24,29)(H2,23,26,27,28). The zero-order valence-corrected chi connectivity index (χ0v) is 18.4. The van der Waals surface area contributed by atoms with E-state index in [1.54, 1.807) is 24.4 Å². The van der Waals surface area contributed by atoms with Crippen LogP contribution in [0.15, 0.2) is 47.8 Å². The van der Waals surface area contributed by atoms with Gasteiger partial charge in [-0.15, -0.1) is 0 Å². The molecular formula is C20H20ClFN6O2S. The second kappa shape index (κ2) is 10.8. The number of amides is 1. The first-order chi connectivity index (χ1) is 15.0. The van der Waals surface area contributed by atoms with E-state index >= 15 is 0 Å². The molecule has 1 aromatic carbocycles. The largest absolute Gasteiger partial charge is 0.480 e. The Morgan fingerprint density at radius 2 is 2.00 bits per heavy atom.